The Morgan fingerprint density at radius 2 is 2.47 bits per heavy atom. The van der Waals surface area contributed by atoms with Gasteiger partial charge in [0.15, 0.2) is 18.0 Å². The van der Waals surface area contributed by atoms with Crippen molar-refractivity contribution in [1.29, 1.82) is 0 Å². The van der Waals surface area contributed by atoms with Gasteiger partial charge in [-0.05, 0) is 0 Å². The third kappa shape index (κ3) is 1.27. The monoisotopic (exact) mass is 204 g/mol. The van der Waals surface area contributed by atoms with Crippen molar-refractivity contribution >= 4 is 0 Å². The zero-order valence-corrected chi connectivity index (χ0v) is 8.53. The molecule has 0 aromatic carbocycles. The molecule has 1 N–H and O–H groups in total. The van der Waals surface area contributed by atoms with E-state index in [1.807, 2.05) is 7.05 Å². The summed E-state index contributed by atoms with van der Waals surface area (Å²) in [5, 5.41) is 3.33. The summed E-state index contributed by atoms with van der Waals surface area (Å²) in [6, 6.07) is 0. The molecule has 0 atom stereocenters. The smallest absolute Gasteiger partial charge is 0.189 e. The van der Waals surface area contributed by atoms with E-state index in [1.54, 1.807) is 6.20 Å². The van der Waals surface area contributed by atoms with E-state index >= 15 is 0 Å². The lowest BCUT2D eigenvalue weighted by atomic mass is 10.2. The van der Waals surface area contributed by atoms with Gasteiger partial charge in [-0.3, -0.25) is 0 Å². The molecule has 0 spiro atoms. The average molecular weight is 204 g/mol. The largest absolute Gasteiger partial charge is 0.440 e. The summed E-state index contributed by atoms with van der Waals surface area (Å²) in [4.78, 5) is 8.49. The van der Waals surface area contributed by atoms with Gasteiger partial charge in [0.25, 0.3) is 0 Å². The lowest BCUT2D eigenvalue weighted by molar-refractivity contribution is 0.562. The first kappa shape index (κ1) is 8.67. The molecule has 0 saturated heterocycles. The molecule has 0 radical (unpaired) electrons. The van der Waals surface area contributed by atoms with Crippen LogP contribution >= 0.6 is 0 Å². The molecule has 3 heterocycles. The van der Waals surface area contributed by atoms with E-state index in [0.29, 0.717) is 0 Å². The van der Waals surface area contributed by atoms with Crippen LogP contribution in [0.25, 0.3) is 11.6 Å². The van der Waals surface area contributed by atoms with Crippen molar-refractivity contribution < 1.29 is 4.42 Å². The normalized spacial score (nSPS) is 15.3. The van der Waals surface area contributed by atoms with Crippen LogP contribution in [0.4, 0.5) is 0 Å². The van der Waals surface area contributed by atoms with Gasteiger partial charge in [-0.2, -0.15) is 0 Å². The average Bonchev–Trinajstić information content (AvgIpc) is 2.87. The molecule has 78 valence electrons. The Morgan fingerprint density at radius 3 is 3.20 bits per heavy atom. The maximum absolute atomic E-state index is 5.26. The highest BCUT2D eigenvalue weighted by Crippen LogP contribution is 2.22. The highest BCUT2D eigenvalue weighted by molar-refractivity contribution is 5.48. The minimum absolute atomic E-state index is 0.729. The molecule has 0 amide bonds. The molecule has 1 aliphatic heterocycles. The van der Waals surface area contributed by atoms with Gasteiger partial charge in [-0.25, -0.2) is 9.97 Å². The number of hydrogen-bond donors (Lipinski definition) is 1. The molecular weight excluding hydrogens is 192 g/mol. The van der Waals surface area contributed by atoms with E-state index in [2.05, 4.69) is 19.9 Å². The van der Waals surface area contributed by atoms with E-state index in [4.69, 9.17) is 4.42 Å². The fourth-order valence-corrected chi connectivity index (χ4v) is 1.97. The quantitative estimate of drug-likeness (QED) is 0.743. The first-order chi connectivity index (χ1) is 7.36. The molecule has 0 bridgehead atoms. The van der Waals surface area contributed by atoms with Crippen LogP contribution in [0.5, 0.6) is 0 Å². The molecular formula is C10H12N4O. The van der Waals surface area contributed by atoms with E-state index in [9.17, 15) is 0 Å². The summed E-state index contributed by atoms with van der Waals surface area (Å²) in [6.45, 7) is 1.88. The number of imidazole rings is 1. The maximum Gasteiger partial charge on any atom is 0.189 e. The number of nitrogens with one attached hydrogen (secondary N) is 1. The summed E-state index contributed by atoms with van der Waals surface area (Å²) in [6.07, 6.45) is 4.11. The van der Waals surface area contributed by atoms with Crippen molar-refractivity contribution in [1.82, 2.24) is 19.9 Å². The minimum Gasteiger partial charge on any atom is -0.440 e. The highest BCUT2D eigenvalue weighted by Gasteiger charge is 2.19. The van der Waals surface area contributed by atoms with Crippen molar-refractivity contribution in [2.24, 2.45) is 7.05 Å². The maximum atomic E-state index is 5.26. The second kappa shape index (κ2) is 3.20. The van der Waals surface area contributed by atoms with Crippen molar-refractivity contribution in [2.45, 2.75) is 13.0 Å². The standard InChI is InChI=1S/C10H12N4O/c1-14-8-4-11-3-2-7(8)13-10(14)9-5-12-6-15-9/h5-6,11H,2-4H2,1H3. The third-order valence-corrected chi connectivity index (χ3v) is 2.78. The Balaban J connectivity index is 2.13. The van der Waals surface area contributed by atoms with Gasteiger partial charge >= 0.3 is 0 Å². The number of aromatic nitrogens is 3. The predicted octanol–water partition coefficient (Wildman–Crippen LogP) is 0.721. The Morgan fingerprint density at radius 1 is 1.53 bits per heavy atom. The number of fused-ring (bicyclic) bond motifs is 1. The van der Waals surface area contributed by atoms with Crippen LogP contribution in [0.2, 0.25) is 0 Å². The molecule has 15 heavy (non-hydrogen) atoms. The van der Waals surface area contributed by atoms with Crippen molar-refractivity contribution in [3.8, 4) is 11.6 Å². The summed E-state index contributed by atoms with van der Waals surface area (Å²) >= 11 is 0. The van der Waals surface area contributed by atoms with Gasteiger partial charge in [0.2, 0.25) is 0 Å². The van der Waals surface area contributed by atoms with E-state index in [0.717, 1.165) is 31.1 Å². The molecule has 0 unspecified atom stereocenters. The third-order valence-electron chi connectivity index (χ3n) is 2.78. The second-order valence-electron chi connectivity index (χ2n) is 3.68. The molecule has 0 fully saturated rings. The minimum atomic E-state index is 0.729. The first-order valence-electron chi connectivity index (χ1n) is 5.00. The molecule has 2 aromatic rings. The van der Waals surface area contributed by atoms with Gasteiger partial charge < -0.3 is 14.3 Å². The number of hydrogen-bond acceptors (Lipinski definition) is 4. The summed E-state index contributed by atoms with van der Waals surface area (Å²) in [7, 11) is 2.01. The molecule has 0 aliphatic carbocycles. The Kier molecular flexibility index (Phi) is 1.85. The summed E-state index contributed by atoms with van der Waals surface area (Å²) < 4.78 is 7.33. The van der Waals surface area contributed by atoms with Crippen LogP contribution in [0, 0.1) is 0 Å². The van der Waals surface area contributed by atoms with Crippen LogP contribution in [-0.2, 0) is 20.0 Å². The van der Waals surface area contributed by atoms with Gasteiger partial charge in [-0.15, -0.1) is 0 Å². The van der Waals surface area contributed by atoms with Gasteiger partial charge in [-0.1, -0.05) is 0 Å². The summed E-state index contributed by atoms with van der Waals surface area (Å²) in [5.41, 5.74) is 2.41. The zero-order chi connectivity index (χ0) is 10.3. The van der Waals surface area contributed by atoms with Crippen LogP contribution in [0.15, 0.2) is 17.0 Å². The van der Waals surface area contributed by atoms with Gasteiger partial charge in [0.05, 0.1) is 17.6 Å². The molecule has 0 saturated carbocycles. The Bertz CT molecular complexity index is 472. The summed E-state index contributed by atoms with van der Waals surface area (Å²) in [5.74, 6) is 1.59. The SMILES string of the molecule is Cn1c(-c2cnco2)nc2c1CNCC2. The molecule has 1 aliphatic rings. The van der Waals surface area contributed by atoms with Crippen molar-refractivity contribution in [2.75, 3.05) is 6.54 Å². The van der Waals surface area contributed by atoms with Crippen LogP contribution < -0.4 is 5.32 Å². The lowest BCUT2D eigenvalue weighted by Gasteiger charge is -2.12. The fraction of sp³-hybridized carbons (Fsp3) is 0.400. The van der Waals surface area contributed by atoms with E-state index in [-0.39, 0.29) is 0 Å². The Labute approximate surface area is 87.1 Å². The molecule has 2 aromatic heterocycles. The molecule has 3 rings (SSSR count). The first-order valence-corrected chi connectivity index (χ1v) is 5.00. The van der Waals surface area contributed by atoms with Crippen LogP contribution in [0.1, 0.15) is 11.4 Å². The topological polar surface area (TPSA) is 55.9 Å². The molecule has 5 nitrogen and oxygen atoms in total. The zero-order valence-electron chi connectivity index (χ0n) is 8.53. The van der Waals surface area contributed by atoms with Crippen LogP contribution in [-0.4, -0.2) is 21.1 Å². The highest BCUT2D eigenvalue weighted by atomic mass is 16.3. The molecule has 5 heteroatoms. The lowest BCUT2D eigenvalue weighted by Crippen LogP contribution is -2.24. The van der Waals surface area contributed by atoms with E-state index < -0.39 is 0 Å². The Hall–Kier alpha value is -1.62. The van der Waals surface area contributed by atoms with Crippen LogP contribution in [0.3, 0.4) is 0 Å². The number of nitrogens with zero attached hydrogens (tertiary/aromatic N) is 3. The fourth-order valence-electron chi connectivity index (χ4n) is 1.97. The van der Waals surface area contributed by atoms with Crippen molar-refractivity contribution in [3.05, 3.63) is 24.0 Å². The second-order valence-corrected chi connectivity index (χ2v) is 3.68. The predicted molar refractivity (Wildman–Crippen MR) is 54.1 cm³/mol. The van der Waals surface area contributed by atoms with E-state index in [1.165, 1.54) is 17.8 Å². The van der Waals surface area contributed by atoms with Gasteiger partial charge in [0.1, 0.15) is 0 Å². The number of oxazole rings is 1. The van der Waals surface area contributed by atoms with Crippen molar-refractivity contribution in [3.63, 3.8) is 0 Å². The number of rotatable bonds is 1. The van der Waals surface area contributed by atoms with Gasteiger partial charge in [0, 0.05) is 26.6 Å².